The number of aromatic nitrogens is 2. The fraction of sp³-hybridized carbons (Fsp3) is 0.515. The van der Waals surface area contributed by atoms with E-state index in [4.69, 9.17) is 0 Å². The highest BCUT2D eigenvalue weighted by Gasteiger charge is 2.53. The number of aliphatic carboxylic acids is 1. The van der Waals surface area contributed by atoms with Gasteiger partial charge in [-0.05, 0) is 86.9 Å². The van der Waals surface area contributed by atoms with Gasteiger partial charge in [0.15, 0.2) is 0 Å². The maximum absolute atomic E-state index is 14.3. The molecule has 0 bridgehead atoms. The second-order valence-corrected chi connectivity index (χ2v) is 12.4. The molecule has 0 amide bonds. The zero-order chi connectivity index (χ0) is 27.9. The van der Waals surface area contributed by atoms with Gasteiger partial charge in [-0.2, -0.15) is 0 Å². The fourth-order valence-corrected chi connectivity index (χ4v) is 7.70. The molecule has 1 aliphatic carbocycles. The van der Waals surface area contributed by atoms with E-state index in [1.165, 1.54) is 17.3 Å². The molecule has 4 heterocycles. The number of nitrogens with zero attached hydrogens (tertiary/aromatic N) is 4. The van der Waals surface area contributed by atoms with Crippen LogP contribution in [0.1, 0.15) is 67.7 Å². The van der Waals surface area contributed by atoms with Crippen molar-refractivity contribution in [2.24, 2.45) is 11.8 Å². The molecule has 1 N–H and O–H groups in total. The summed E-state index contributed by atoms with van der Waals surface area (Å²) in [5.74, 6) is -0.294. The Morgan fingerprint density at radius 1 is 1.23 bits per heavy atom. The quantitative estimate of drug-likeness (QED) is 0.348. The number of carboxylic acids is 1. The van der Waals surface area contributed by atoms with Crippen molar-refractivity contribution < 1.29 is 14.3 Å². The molecule has 0 spiro atoms. The molecule has 6 rings (SSSR count). The van der Waals surface area contributed by atoms with Crippen molar-refractivity contribution in [3.05, 3.63) is 84.1 Å². The molecule has 3 atom stereocenters. The molecule has 0 radical (unpaired) electrons. The summed E-state index contributed by atoms with van der Waals surface area (Å²) in [5.41, 5.74) is 4.30. The van der Waals surface area contributed by atoms with Gasteiger partial charge in [-0.25, -0.2) is 9.37 Å². The van der Waals surface area contributed by atoms with Crippen molar-refractivity contribution in [3.63, 3.8) is 0 Å². The van der Waals surface area contributed by atoms with Gasteiger partial charge in [-0.15, -0.1) is 6.58 Å². The molecule has 3 unspecified atom stereocenters. The van der Waals surface area contributed by atoms with E-state index in [1.54, 1.807) is 6.07 Å². The molecule has 6 nitrogen and oxygen atoms in total. The third-order valence-corrected chi connectivity index (χ3v) is 10.2. The summed E-state index contributed by atoms with van der Waals surface area (Å²) in [5, 5.41) is 9.91. The molecule has 7 heteroatoms. The summed E-state index contributed by atoms with van der Waals surface area (Å²) in [6.07, 6.45) is 12.2. The van der Waals surface area contributed by atoms with Gasteiger partial charge in [-0.3, -0.25) is 9.69 Å². The Balaban J connectivity index is 1.17. The summed E-state index contributed by atoms with van der Waals surface area (Å²) in [7, 11) is 0. The third kappa shape index (κ3) is 4.99. The SMILES string of the molecule is C=CCc1ccc2ncc(C3CCN(CC4CN(C5(C(C)C(=O)O)CCC5)CC4c4cccc(F)c4)CC3)n2c1. The number of carbonyl (C=O) groups is 1. The fourth-order valence-electron chi connectivity index (χ4n) is 7.70. The summed E-state index contributed by atoms with van der Waals surface area (Å²) in [4.78, 5) is 21.8. The first-order valence-corrected chi connectivity index (χ1v) is 14.9. The number of hydrogen-bond donors (Lipinski definition) is 1. The molecule has 2 saturated heterocycles. The number of allylic oxidation sites excluding steroid dienone is 1. The van der Waals surface area contributed by atoms with Crippen LogP contribution in [0.3, 0.4) is 0 Å². The van der Waals surface area contributed by atoms with Crippen molar-refractivity contribution >= 4 is 11.6 Å². The lowest BCUT2D eigenvalue weighted by Gasteiger charge is -2.51. The predicted molar refractivity (Wildman–Crippen MR) is 155 cm³/mol. The smallest absolute Gasteiger partial charge is 0.308 e. The lowest BCUT2D eigenvalue weighted by Crippen LogP contribution is -2.59. The van der Waals surface area contributed by atoms with Crippen molar-refractivity contribution in [2.75, 3.05) is 32.7 Å². The van der Waals surface area contributed by atoms with Crippen molar-refractivity contribution in [1.82, 2.24) is 19.2 Å². The van der Waals surface area contributed by atoms with Crippen LogP contribution in [0.25, 0.3) is 5.65 Å². The van der Waals surface area contributed by atoms with Crippen LogP contribution in [0, 0.1) is 17.7 Å². The summed E-state index contributed by atoms with van der Waals surface area (Å²) < 4.78 is 16.6. The number of pyridine rings is 1. The predicted octanol–water partition coefficient (Wildman–Crippen LogP) is 5.74. The van der Waals surface area contributed by atoms with E-state index in [1.807, 2.05) is 25.3 Å². The Morgan fingerprint density at radius 2 is 2.02 bits per heavy atom. The lowest BCUT2D eigenvalue weighted by molar-refractivity contribution is -0.150. The summed E-state index contributed by atoms with van der Waals surface area (Å²) in [6, 6.07) is 11.3. The molecule has 212 valence electrons. The van der Waals surface area contributed by atoms with E-state index in [2.05, 4.69) is 50.2 Å². The minimum Gasteiger partial charge on any atom is -0.481 e. The number of halogens is 1. The van der Waals surface area contributed by atoms with E-state index in [0.29, 0.717) is 11.8 Å². The average Bonchev–Trinajstić information content (AvgIpc) is 3.53. The Hall–Kier alpha value is -3.03. The number of piperidine rings is 1. The van der Waals surface area contributed by atoms with E-state index < -0.39 is 11.9 Å². The normalized spacial score (nSPS) is 24.6. The maximum Gasteiger partial charge on any atom is 0.308 e. The largest absolute Gasteiger partial charge is 0.481 e. The van der Waals surface area contributed by atoms with Gasteiger partial charge in [0.2, 0.25) is 0 Å². The van der Waals surface area contributed by atoms with Gasteiger partial charge < -0.3 is 14.4 Å². The molecule has 3 fully saturated rings. The summed E-state index contributed by atoms with van der Waals surface area (Å²) >= 11 is 0. The van der Waals surface area contributed by atoms with Crippen LogP contribution in [0.2, 0.25) is 0 Å². The van der Waals surface area contributed by atoms with Gasteiger partial charge in [0.25, 0.3) is 0 Å². The van der Waals surface area contributed by atoms with Crippen LogP contribution >= 0.6 is 0 Å². The minimum atomic E-state index is -0.712. The number of imidazole rings is 1. The standard InChI is InChI=1S/C33H41FN4O2/c1-3-6-24-9-10-31-35-18-30(38(31)19-24)25-11-15-36(16-12-25)20-27-21-37(33(13-5-14-33)23(2)32(39)40)22-29(27)26-7-4-8-28(34)17-26/h3-4,7-10,17-19,23,25,27,29H,1,5-6,11-16,20-22H2,2H3,(H,39,40). The van der Waals surface area contributed by atoms with Crippen LogP contribution in [-0.2, 0) is 11.2 Å². The molecular formula is C33H41FN4O2. The van der Waals surface area contributed by atoms with E-state index in [9.17, 15) is 14.3 Å². The summed E-state index contributed by atoms with van der Waals surface area (Å²) in [6.45, 7) is 10.4. The number of hydrogen-bond acceptors (Lipinski definition) is 4. The molecule has 3 aliphatic rings. The van der Waals surface area contributed by atoms with E-state index in [-0.39, 0.29) is 17.3 Å². The second-order valence-electron chi connectivity index (χ2n) is 12.4. The van der Waals surface area contributed by atoms with Gasteiger partial charge in [0.05, 0.1) is 5.92 Å². The van der Waals surface area contributed by atoms with Gasteiger partial charge in [0, 0.05) is 55.1 Å². The molecule has 2 aliphatic heterocycles. The average molecular weight is 545 g/mol. The van der Waals surface area contributed by atoms with E-state index in [0.717, 1.165) is 82.5 Å². The highest BCUT2D eigenvalue weighted by atomic mass is 19.1. The monoisotopic (exact) mass is 544 g/mol. The van der Waals surface area contributed by atoms with Crippen molar-refractivity contribution in [1.29, 1.82) is 0 Å². The van der Waals surface area contributed by atoms with Gasteiger partial charge in [0.1, 0.15) is 11.5 Å². The Bertz CT molecular complexity index is 1370. The van der Waals surface area contributed by atoms with Crippen molar-refractivity contribution in [2.45, 2.75) is 62.8 Å². The number of carboxylic acid groups (broad SMARTS) is 1. The highest BCUT2D eigenvalue weighted by molar-refractivity contribution is 5.71. The van der Waals surface area contributed by atoms with Crippen LogP contribution < -0.4 is 0 Å². The number of benzene rings is 1. The van der Waals surface area contributed by atoms with Crippen molar-refractivity contribution in [3.8, 4) is 0 Å². The first-order valence-electron chi connectivity index (χ1n) is 14.9. The Kier molecular flexibility index (Phi) is 7.53. The number of likely N-dealkylation sites (tertiary alicyclic amines) is 2. The maximum atomic E-state index is 14.3. The highest BCUT2D eigenvalue weighted by Crippen LogP contribution is 2.49. The molecule has 2 aromatic heterocycles. The topological polar surface area (TPSA) is 61.1 Å². The molecule has 1 saturated carbocycles. The molecular weight excluding hydrogens is 503 g/mol. The Morgan fingerprint density at radius 3 is 2.70 bits per heavy atom. The van der Waals surface area contributed by atoms with E-state index >= 15 is 0 Å². The minimum absolute atomic E-state index is 0.197. The van der Waals surface area contributed by atoms with Crippen LogP contribution in [0.15, 0.2) is 61.4 Å². The van der Waals surface area contributed by atoms with Crippen LogP contribution in [0.5, 0.6) is 0 Å². The Labute approximate surface area is 236 Å². The number of rotatable bonds is 9. The molecule has 40 heavy (non-hydrogen) atoms. The second kappa shape index (κ2) is 11.1. The molecule has 3 aromatic rings. The molecule has 1 aromatic carbocycles. The number of fused-ring (bicyclic) bond motifs is 1. The zero-order valence-corrected chi connectivity index (χ0v) is 23.5. The van der Waals surface area contributed by atoms with Gasteiger partial charge >= 0.3 is 5.97 Å². The zero-order valence-electron chi connectivity index (χ0n) is 23.5. The van der Waals surface area contributed by atoms with Crippen LogP contribution in [0.4, 0.5) is 4.39 Å². The third-order valence-electron chi connectivity index (χ3n) is 10.2. The lowest BCUT2D eigenvalue weighted by atomic mass is 9.67. The first kappa shape index (κ1) is 27.2. The van der Waals surface area contributed by atoms with Crippen LogP contribution in [-0.4, -0.2) is 68.5 Å². The van der Waals surface area contributed by atoms with Gasteiger partial charge in [-0.1, -0.05) is 31.2 Å². The first-order chi connectivity index (χ1) is 19.4.